The molecule has 0 unspecified atom stereocenters. The zero-order valence-corrected chi connectivity index (χ0v) is 18.1. The van der Waals surface area contributed by atoms with Gasteiger partial charge in [-0.25, -0.2) is 0 Å². The second-order valence-corrected chi connectivity index (χ2v) is 9.54. The molecule has 0 aliphatic rings. The Balaban J connectivity index is 1.54. The molecule has 0 saturated carbocycles. The van der Waals surface area contributed by atoms with Gasteiger partial charge in [0.2, 0.25) is 5.13 Å². The predicted molar refractivity (Wildman–Crippen MR) is 122 cm³/mol. The van der Waals surface area contributed by atoms with Crippen LogP contribution in [0, 0.1) is 6.92 Å². The van der Waals surface area contributed by atoms with Gasteiger partial charge in [0.25, 0.3) is 20.3 Å². The molecule has 7 nitrogen and oxygen atoms in total. The summed E-state index contributed by atoms with van der Waals surface area (Å²) in [7, 11) is -3.99. The molecule has 2 N–H and O–H groups in total. The van der Waals surface area contributed by atoms with Crippen molar-refractivity contribution in [1.82, 2.24) is 10.2 Å². The quantitative estimate of drug-likeness (QED) is 0.419. The van der Waals surface area contributed by atoms with Crippen molar-refractivity contribution >= 4 is 38.1 Å². The van der Waals surface area contributed by atoms with E-state index < -0.39 is 10.0 Å². The molecule has 0 aliphatic carbocycles. The number of nitrogens with zero attached hydrogens (tertiary/aromatic N) is 2. The number of hydrogen-bond donors (Lipinski definition) is 2. The monoisotopic (exact) mass is 450 g/mol. The van der Waals surface area contributed by atoms with E-state index in [0.717, 1.165) is 28.0 Å². The Morgan fingerprint density at radius 1 is 0.871 bits per heavy atom. The smallest absolute Gasteiger partial charge is 0.291 e. The molecule has 156 valence electrons. The third kappa shape index (κ3) is 4.79. The first-order valence-electron chi connectivity index (χ1n) is 9.31. The predicted octanol–water partition coefficient (Wildman–Crippen LogP) is 4.57. The third-order valence-electron chi connectivity index (χ3n) is 4.43. The second-order valence-electron chi connectivity index (χ2n) is 6.71. The lowest BCUT2D eigenvalue weighted by molar-refractivity contribution is 0.102. The lowest BCUT2D eigenvalue weighted by atomic mass is 10.0. The molecule has 3 aromatic carbocycles. The van der Waals surface area contributed by atoms with Crippen LogP contribution in [0.5, 0.6) is 0 Å². The average Bonchev–Trinajstić information content (AvgIpc) is 3.24. The van der Waals surface area contributed by atoms with Gasteiger partial charge >= 0.3 is 0 Å². The van der Waals surface area contributed by atoms with E-state index in [9.17, 15) is 13.2 Å². The van der Waals surface area contributed by atoms with Crippen molar-refractivity contribution < 1.29 is 13.2 Å². The molecule has 0 spiro atoms. The van der Waals surface area contributed by atoms with Gasteiger partial charge in [0.1, 0.15) is 0 Å². The first-order chi connectivity index (χ1) is 14.9. The Morgan fingerprint density at radius 3 is 2.29 bits per heavy atom. The molecule has 0 bridgehead atoms. The van der Waals surface area contributed by atoms with Gasteiger partial charge in [-0.3, -0.25) is 14.8 Å². The minimum Gasteiger partial charge on any atom is -0.296 e. The first kappa shape index (κ1) is 20.7. The van der Waals surface area contributed by atoms with Gasteiger partial charge in [-0.05, 0) is 30.7 Å². The van der Waals surface area contributed by atoms with Crippen molar-refractivity contribution in [3.63, 3.8) is 0 Å². The zero-order chi connectivity index (χ0) is 21.8. The van der Waals surface area contributed by atoms with Crippen LogP contribution in [-0.4, -0.2) is 24.5 Å². The van der Waals surface area contributed by atoms with Crippen LogP contribution in [0.25, 0.3) is 11.1 Å². The normalized spacial score (nSPS) is 11.1. The summed E-state index contributed by atoms with van der Waals surface area (Å²) in [6, 6.07) is 23.6. The highest BCUT2D eigenvalue weighted by Gasteiger charge is 2.22. The van der Waals surface area contributed by atoms with E-state index in [0.29, 0.717) is 11.3 Å². The molecule has 1 amide bonds. The minimum absolute atomic E-state index is 0.0993. The van der Waals surface area contributed by atoms with Crippen LogP contribution in [0.4, 0.5) is 10.8 Å². The number of benzene rings is 3. The van der Waals surface area contributed by atoms with E-state index in [1.807, 2.05) is 61.5 Å². The molecule has 4 rings (SSSR count). The summed E-state index contributed by atoms with van der Waals surface area (Å²) < 4.78 is 28.1. The summed E-state index contributed by atoms with van der Waals surface area (Å²) in [5.74, 6) is -0.387. The highest BCUT2D eigenvalue weighted by molar-refractivity contribution is 7.94. The van der Waals surface area contributed by atoms with Crippen molar-refractivity contribution in [3.8, 4) is 11.1 Å². The largest absolute Gasteiger partial charge is 0.296 e. The number of rotatable bonds is 6. The molecule has 31 heavy (non-hydrogen) atoms. The topological polar surface area (TPSA) is 101 Å². The summed E-state index contributed by atoms with van der Waals surface area (Å²) in [6.07, 6.45) is 0. The Labute approximate surface area is 183 Å². The van der Waals surface area contributed by atoms with Gasteiger partial charge in [-0.1, -0.05) is 77.6 Å². The van der Waals surface area contributed by atoms with Crippen molar-refractivity contribution in [2.24, 2.45) is 0 Å². The second kappa shape index (κ2) is 8.66. The standard InChI is InChI=1S/C22H18N4O3S2/c1-15-11-13-17(14-12-15)20(27)23-21-24-25-22(30-21)31(28,29)26-19-10-6-5-9-18(19)16-7-3-2-4-8-16/h2-14,26H,1H3,(H,23,24,27). The number of aromatic nitrogens is 2. The van der Waals surface area contributed by atoms with Gasteiger partial charge in [-0.15, -0.1) is 10.2 Å². The SMILES string of the molecule is Cc1ccc(C(=O)Nc2nnc(S(=O)(=O)Nc3ccccc3-c3ccccc3)s2)cc1. The van der Waals surface area contributed by atoms with Gasteiger partial charge in [0.05, 0.1) is 5.69 Å². The maximum absolute atomic E-state index is 12.9. The van der Waals surface area contributed by atoms with E-state index in [-0.39, 0.29) is 15.4 Å². The molecule has 1 aromatic heterocycles. The van der Waals surface area contributed by atoms with Gasteiger partial charge in [-0.2, -0.15) is 8.42 Å². The van der Waals surface area contributed by atoms with Gasteiger partial charge in [0, 0.05) is 11.1 Å². The number of sulfonamides is 1. The molecule has 0 aliphatic heterocycles. The van der Waals surface area contributed by atoms with Crippen LogP contribution >= 0.6 is 11.3 Å². The number of carbonyl (C=O) groups is 1. The number of hydrogen-bond acceptors (Lipinski definition) is 6. The fourth-order valence-corrected chi connectivity index (χ4v) is 4.85. The molecule has 4 aromatic rings. The van der Waals surface area contributed by atoms with E-state index in [4.69, 9.17) is 0 Å². The first-order valence-corrected chi connectivity index (χ1v) is 11.6. The highest BCUT2D eigenvalue weighted by Crippen LogP contribution is 2.30. The molecular formula is C22H18N4O3S2. The number of carbonyl (C=O) groups excluding carboxylic acids is 1. The fourth-order valence-electron chi connectivity index (χ4n) is 2.87. The maximum atomic E-state index is 12.9. The molecule has 0 fully saturated rings. The summed E-state index contributed by atoms with van der Waals surface area (Å²) in [6.45, 7) is 1.92. The van der Waals surface area contributed by atoms with E-state index in [1.165, 1.54) is 0 Å². The number of aryl methyl sites for hydroxylation is 1. The third-order valence-corrected chi connectivity index (χ3v) is 7.00. The minimum atomic E-state index is -3.99. The Morgan fingerprint density at radius 2 is 1.55 bits per heavy atom. The molecule has 0 radical (unpaired) electrons. The Kier molecular flexibility index (Phi) is 5.79. The molecular weight excluding hydrogens is 432 g/mol. The summed E-state index contributed by atoms with van der Waals surface area (Å²) >= 11 is 0.782. The molecule has 0 saturated heterocycles. The Hall–Kier alpha value is -3.56. The van der Waals surface area contributed by atoms with Gasteiger partial charge < -0.3 is 0 Å². The fraction of sp³-hybridized carbons (Fsp3) is 0.0455. The summed E-state index contributed by atoms with van der Waals surface area (Å²) in [5.41, 5.74) is 3.52. The van der Waals surface area contributed by atoms with Crippen molar-refractivity contribution in [1.29, 1.82) is 0 Å². The van der Waals surface area contributed by atoms with Crippen LogP contribution in [0.2, 0.25) is 0 Å². The Bertz CT molecular complexity index is 1320. The molecule has 1 heterocycles. The number of amides is 1. The zero-order valence-electron chi connectivity index (χ0n) is 16.4. The van der Waals surface area contributed by atoms with Crippen molar-refractivity contribution in [3.05, 3.63) is 90.0 Å². The molecule has 0 atom stereocenters. The molecule has 9 heteroatoms. The van der Waals surface area contributed by atoms with Crippen LogP contribution in [0.1, 0.15) is 15.9 Å². The number of para-hydroxylation sites is 1. The van der Waals surface area contributed by atoms with Gasteiger partial charge in [0.15, 0.2) is 0 Å². The van der Waals surface area contributed by atoms with Crippen LogP contribution < -0.4 is 10.0 Å². The van der Waals surface area contributed by atoms with Crippen molar-refractivity contribution in [2.75, 3.05) is 10.0 Å². The van der Waals surface area contributed by atoms with Crippen LogP contribution in [-0.2, 0) is 10.0 Å². The van der Waals surface area contributed by atoms with Crippen LogP contribution in [0.3, 0.4) is 0 Å². The number of nitrogens with one attached hydrogen (secondary N) is 2. The van der Waals surface area contributed by atoms with Crippen molar-refractivity contribution in [2.45, 2.75) is 11.3 Å². The lowest BCUT2D eigenvalue weighted by Gasteiger charge is -2.11. The van der Waals surface area contributed by atoms with E-state index >= 15 is 0 Å². The lowest BCUT2D eigenvalue weighted by Crippen LogP contribution is -2.13. The van der Waals surface area contributed by atoms with E-state index in [1.54, 1.807) is 24.3 Å². The van der Waals surface area contributed by atoms with E-state index in [2.05, 4.69) is 20.2 Å². The number of anilines is 2. The average molecular weight is 451 g/mol. The maximum Gasteiger partial charge on any atom is 0.291 e. The summed E-state index contributed by atoms with van der Waals surface area (Å²) in [5, 5.41) is 10.2. The van der Waals surface area contributed by atoms with Crippen LogP contribution in [0.15, 0.2) is 83.2 Å². The highest BCUT2D eigenvalue weighted by atomic mass is 32.2. The summed E-state index contributed by atoms with van der Waals surface area (Å²) in [4.78, 5) is 12.3.